The summed E-state index contributed by atoms with van der Waals surface area (Å²) in [5.74, 6) is -1.26. The van der Waals surface area contributed by atoms with E-state index in [0.29, 0.717) is 5.52 Å². The fourth-order valence-electron chi connectivity index (χ4n) is 1.10. The first-order chi connectivity index (χ1) is 6.20. The van der Waals surface area contributed by atoms with Crippen LogP contribution in [0.15, 0.2) is 27.7 Å². The smallest absolute Gasteiger partial charge is 0.341 e. The zero-order valence-electron chi connectivity index (χ0n) is 6.40. The minimum absolute atomic E-state index is 0.0416. The van der Waals surface area contributed by atoms with Crippen LogP contribution < -0.4 is 5.43 Å². The van der Waals surface area contributed by atoms with Gasteiger partial charge in [-0.3, -0.25) is 4.79 Å². The van der Waals surface area contributed by atoms with Crippen molar-refractivity contribution in [2.75, 3.05) is 0 Å². The predicted molar refractivity (Wildman–Crippen MR) is 43.8 cm³/mol. The Morgan fingerprint density at radius 3 is 3.00 bits per heavy atom. The second kappa shape index (κ2) is 2.48. The van der Waals surface area contributed by atoms with Crippen LogP contribution in [0.25, 0.3) is 11.1 Å². The van der Waals surface area contributed by atoms with Crippen molar-refractivity contribution in [3.63, 3.8) is 0 Å². The number of H-pyrrole nitrogens is 1. The highest BCUT2D eigenvalue weighted by Gasteiger charge is 2.12. The lowest BCUT2D eigenvalue weighted by Gasteiger charge is -1.92. The van der Waals surface area contributed by atoms with Crippen molar-refractivity contribution in [1.82, 2.24) is 4.98 Å². The van der Waals surface area contributed by atoms with Crippen molar-refractivity contribution in [1.29, 1.82) is 0 Å². The van der Waals surface area contributed by atoms with E-state index >= 15 is 0 Å². The molecule has 13 heavy (non-hydrogen) atoms. The molecule has 0 atom stereocenters. The van der Waals surface area contributed by atoms with E-state index in [9.17, 15) is 9.59 Å². The Bertz CT molecular complexity index is 522. The molecule has 0 bridgehead atoms. The van der Waals surface area contributed by atoms with Gasteiger partial charge in [-0.05, 0) is 0 Å². The molecule has 0 fully saturated rings. The van der Waals surface area contributed by atoms with E-state index in [4.69, 9.17) is 9.52 Å². The Hall–Kier alpha value is -2.04. The highest BCUT2D eigenvalue weighted by atomic mass is 16.4. The monoisotopic (exact) mass is 179 g/mol. The van der Waals surface area contributed by atoms with Gasteiger partial charge in [-0.2, -0.15) is 0 Å². The molecule has 2 heterocycles. The van der Waals surface area contributed by atoms with Crippen LogP contribution in [0, 0.1) is 0 Å². The third-order valence-electron chi connectivity index (χ3n) is 1.72. The summed E-state index contributed by atoms with van der Waals surface area (Å²) in [6.45, 7) is 0. The molecular formula is C8H5NO4. The van der Waals surface area contributed by atoms with E-state index in [0.717, 1.165) is 6.20 Å². The summed E-state index contributed by atoms with van der Waals surface area (Å²) in [6.07, 6.45) is 2.48. The van der Waals surface area contributed by atoms with Crippen LogP contribution in [0.4, 0.5) is 0 Å². The van der Waals surface area contributed by atoms with Gasteiger partial charge in [-0.25, -0.2) is 4.79 Å². The third-order valence-corrected chi connectivity index (χ3v) is 1.72. The number of carbonyl (C=O) groups is 1. The molecule has 0 aliphatic carbocycles. The van der Waals surface area contributed by atoms with Crippen molar-refractivity contribution in [3.05, 3.63) is 34.3 Å². The Morgan fingerprint density at radius 1 is 1.54 bits per heavy atom. The van der Waals surface area contributed by atoms with Gasteiger partial charge in [0.1, 0.15) is 5.56 Å². The molecule has 0 amide bonds. The summed E-state index contributed by atoms with van der Waals surface area (Å²) < 4.78 is 4.83. The van der Waals surface area contributed by atoms with Gasteiger partial charge in [0.15, 0.2) is 5.58 Å². The van der Waals surface area contributed by atoms with Crippen LogP contribution in [0.2, 0.25) is 0 Å². The molecule has 5 nitrogen and oxygen atoms in total. The zero-order chi connectivity index (χ0) is 9.42. The fourth-order valence-corrected chi connectivity index (χ4v) is 1.10. The third kappa shape index (κ3) is 1.01. The van der Waals surface area contributed by atoms with Gasteiger partial charge in [-0.1, -0.05) is 0 Å². The molecule has 0 aliphatic heterocycles. The van der Waals surface area contributed by atoms with Gasteiger partial charge in [-0.15, -0.1) is 0 Å². The predicted octanol–water partition coefficient (Wildman–Crippen LogP) is 0.819. The first-order valence-electron chi connectivity index (χ1n) is 3.52. The maximum atomic E-state index is 11.3. The maximum Gasteiger partial charge on any atom is 0.341 e. The highest BCUT2D eigenvalue weighted by molar-refractivity contribution is 5.90. The van der Waals surface area contributed by atoms with Gasteiger partial charge >= 0.3 is 5.97 Å². The second-order valence-corrected chi connectivity index (χ2v) is 2.50. The average molecular weight is 179 g/mol. The van der Waals surface area contributed by atoms with Crippen molar-refractivity contribution >= 4 is 17.1 Å². The summed E-state index contributed by atoms with van der Waals surface area (Å²) in [6, 6.07) is 1.56. The Labute approximate surface area is 71.6 Å². The van der Waals surface area contributed by atoms with Gasteiger partial charge < -0.3 is 14.5 Å². The number of furan rings is 1. The van der Waals surface area contributed by atoms with E-state index < -0.39 is 11.4 Å². The molecule has 0 saturated heterocycles. The molecule has 2 N–H and O–H groups in total. The van der Waals surface area contributed by atoms with Crippen molar-refractivity contribution in [2.24, 2.45) is 0 Å². The number of rotatable bonds is 1. The molecule has 2 rings (SSSR count). The number of hydrogen-bond donors (Lipinski definition) is 2. The number of aromatic carboxylic acids is 1. The number of nitrogens with one attached hydrogen (secondary N) is 1. The Morgan fingerprint density at radius 2 is 2.31 bits per heavy atom. The van der Waals surface area contributed by atoms with Crippen LogP contribution >= 0.6 is 0 Å². The molecule has 66 valence electrons. The van der Waals surface area contributed by atoms with Crippen LogP contribution in [0.1, 0.15) is 10.4 Å². The highest BCUT2D eigenvalue weighted by Crippen LogP contribution is 2.07. The molecule has 5 heteroatoms. The second-order valence-electron chi connectivity index (χ2n) is 2.50. The lowest BCUT2D eigenvalue weighted by atomic mass is 10.2. The molecule has 2 aromatic heterocycles. The van der Waals surface area contributed by atoms with Crippen LogP contribution in [0.3, 0.4) is 0 Å². The molecule has 0 aliphatic rings. The van der Waals surface area contributed by atoms with Crippen molar-refractivity contribution in [3.8, 4) is 0 Å². The lowest BCUT2D eigenvalue weighted by molar-refractivity contribution is 0.0695. The van der Waals surface area contributed by atoms with E-state index in [-0.39, 0.29) is 11.1 Å². The fraction of sp³-hybridized carbons (Fsp3) is 0. The van der Waals surface area contributed by atoms with Crippen LogP contribution in [0.5, 0.6) is 0 Å². The average Bonchev–Trinajstić information content (AvgIpc) is 2.52. The summed E-state index contributed by atoms with van der Waals surface area (Å²) >= 11 is 0. The standard InChI is InChI=1S/C8H5NO4/c10-6-4(8(11)12)3-9-5-1-2-13-7(5)6/h1-3H,(H,9,10)(H,11,12). The van der Waals surface area contributed by atoms with Crippen molar-refractivity contribution < 1.29 is 14.3 Å². The number of pyridine rings is 1. The molecule has 2 aromatic rings. The molecule has 0 unspecified atom stereocenters. The number of fused-ring (bicyclic) bond motifs is 1. The Balaban J connectivity index is 2.89. The first kappa shape index (κ1) is 7.60. The van der Waals surface area contributed by atoms with Gasteiger partial charge in [0, 0.05) is 12.3 Å². The lowest BCUT2D eigenvalue weighted by Crippen LogP contribution is -2.14. The van der Waals surface area contributed by atoms with E-state index in [2.05, 4.69) is 4.98 Å². The molecule has 0 saturated carbocycles. The van der Waals surface area contributed by atoms with Gasteiger partial charge in [0.25, 0.3) is 0 Å². The van der Waals surface area contributed by atoms with E-state index in [1.165, 1.54) is 6.26 Å². The summed E-state index contributed by atoms with van der Waals surface area (Å²) in [7, 11) is 0. The molecule has 0 aromatic carbocycles. The number of aromatic amines is 1. The number of aromatic nitrogens is 1. The largest absolute Gasteiger partial charge is 0.477 e. The minimum Gasteiger partial charge on any atom is -0.477 e. The molecular weight excluding hydrogens is 174 g/mol. The maximum absolute atomic E-state index is 11.3. The van der Waals surface area contributed by atoms with E-state index in [1.807, 2.05) is 0 Å². The number of carboxylic acid groups (broad SMARTS) is 1. The normalized spacial score (nSPS) is 10.5. The van der Waals surface area contributed by atoms with Crippen LogP contribution in [-0.4, -0.2) is 16.1 Å². The Kier molecular flexibility index (Phi) is 1.45. The van der Waals surface area contributed by atoms with Crippen molar-refractivity contribution in [2.45, 2.75) is 0 Å². The summed E-state index contributed by atoms with van der Waals surface area (Å²) in [4.78, 5) is 24.5. The summed E-state index contributed by atoms with van der Waals surface area (Å²) in [5.41, 5.74) is -0.386. The van der Waals surface area contributed by atoms with Gasteiger partial charge in [0.05, 0.1) is 11.8 Å². The quantitative estimate of drug-likeness (QED) is 0.678. The topological polar surface area (TPSA) is 83.3 Å². The number of carboxylic acids is 1. The number of hydrogen-bond acceptors (Lipinski definition) is 3. The summed E-state index contributed by atoms with van der Waals surface area (Å²) in [5, 5.41) is 8.60. The zero-order valence-corrected chi connectivity index (χ0v) is 6.40. The molecule has 0 spiro atoms. The van der Waals surface area contributed by atoms with Crippen LogP contribution in [-0.2, 0) is 0 Å². The minimum atomic E-state index is -1.26. The molecule has 0 radical (unpaired) electrons. The first-order valence-corrected chi connectivity index (χ1v) is 3.52. The van der Waals surface area contributed by atoms with E-state index in [1.54, 1.807) is 6.07 Å². The SMILES string of the molecule is O=C(O)c1c[nH]c2ccoc2c1=O. The van der Waals surface area contributed by atoms with Gasteiger partial charge in [0.2, 0.25) is 5.43 Å².